The van der Waals surface area contributed by atoms with Gasteiger partial charge in [-0.1, -0.05) is 28.1 Å². The van der Waals surface area contributed by atoms with E-state index in [-0.39, 0.29) is 18.3 Å². The molecule has 0 heterocycles. The van der Waals surface area contributed by atoms with Crippen molar-refractivity contribution in [3.63, 3.8) is 0 Å². The van der Waals surface area contributed by atoms with Crippen LogP contribution in [0.3, 0.4) is 0 Å². The van der Waals surface area contributed by atoms with Crippen molar-refractivity contribution in [3.05, 3.63) is 57.8 Å². The number of nitrogens with one attached hydrogen (secondary N) is 1. The average Bonchev–Trinajstić information content (AvgIpc) is 2.40. The fourth-order valence-electron chi connectivity index (χ4n) is 1.84. The number of carbonyl (C=O) groups excluding carboxylic acids is 1. The number of benzene rings is 2. The second kappa shape index (κ2) is 6.72. The lowest BCUT2D eigenvalue weighted by molar-refractivity contribution is -0.114. The van der Waals surface area contributed by atoms with Crippen molar-refractivity contribution in [2.75, 3.05) is 5.32 Å². The molecule has 0 aliphatic carbocycles. The molecular weight excluding hydrogens is 337 g/mol. The van der Waals surface area contributed by atoms with Crippen LogP contribution < -0.4 is 10.1 Å². The predicted octanol–water partition coefficient (Wildman–Crippen LogP) is 4.43. The Balaban J connectivity index is 2.18. The molecule has 0 atom stereocenters. The summed E-state index contributed by atoms with van der Waals surface area (Å²) in [4.78, 5) is 11.2. The van der Waals surface area contributed by atoms with E-state index in [0.29, 0.717) is 21.5 Å². The van der Waals surface area contributed by atoms with E-state index in [1.807, 2.05) is 19.1 Å². The van der Waals surface area contributed by atoms with Gasteiger partial charge < -0.3 is 10.1 Å². The molecule has 0 unspecified atom stereocenters. The van der Waals surface area contributed by atoms with E-state index >= 15 is 0 Å². The van der Waals surface area contributed by atoms with Gasteiger partial charge in [0.1, 0.15) is 18.2 Å². The van der Waals surface area contributed by atoms with Crippen molar-refractivity contribution in [1.29, 1.82) is 0 Å². The molecule has 0 aliphatic heterocycles. The lowest BCUT2D eigenvalue weighted by Gasteiger charge is -2.13. The average molecular weight is 352 g/mol. The van der Waals surface area contributed by atoms with Gasteiger partial charge in [-0.3, -0.25) is 4.79 Å². The van der Waals surface area contributed by atoms with Gasteiger partial charge in [-0.25, -0.2) is 4.39 Å². The van der Waals surface area contributed by atoms with E-state index < -0.39 is 0 Å². The number of amides is 1. The minimum absolute atomic E-state index is 0.0924. The summed E-state index contributed by atoms with van der Waals surface area (Å²) in [5.74, 6) is 0.00384. The maximum Gasteiger partial charge on any atom is 0.221 e. The van der Waals surface area contributed by atoms with Crippen LogP contribution in [0.15, 0.2) is 40.9 Å². The maximum atomic E-state index is 13.8. The van der Waals surface area contributed by atoms with Gasteiger partial charge in [0.05, 0.1) is 5.69 Å². The lowest BCUT2D eigenvalue weighted by atomic mass is 10.2. The summed E-state index contributed by atoms with van der Waals surface area (Å²) in [5, 5.41) is 2.70. The van der Waals surface area contributed by atoms with Crippen molar-refractivity contribution >= 4 is 27.5 Å². The number of anilines is 1. The van der Waals surface area contributed by atoms with Crippen molar-refractivity contribution in [1.82, 2.24) is 0 Å². The van der Waals surface area contributed by atoms with Crippen LogP contribution in [0.2, 0.25) is 0 Å². The molecule has 0 radical (unpaired) electrons. The highest BCUT2D eigenvalue weighted by atomic mass is 79.9. The first kappa shape index (κ1) is 15.5. The van der Waals surface area contributed by atoms with E-state index in [9.17, 15) is 9.18 Å². The number of rotatable bonds is 4. The zero-order chi connectivity index (χ0) is 15.4. The van der Waals surface area contributed by atoms with Crippen LogP contribution in [0.1, 0.15) is 18.1 Å². The molecule has 0 saturated carbocycles. The predicted molar refractivity (Wildman–Crippen MR) is 83.9 cm³/mol. The third-order valence-electron chi connectivity index (χ3n) is 2.85. The van der Waals surface area contributed by atoms with Crippen LogP contribution in [-0.2, 0) is 11.4 Å². The Labute approximate surface area is 131 Å². The molecular formula is C16H15BrFNO2. The molecule has 2 rings (SSSR count). The summed E-state index contributed by atoms with van der Waals surface area (Å²) in [5.41, 5.74) is 2.02. The summed E-state index contributed by atoms with van der Waals surface area (Å²) in [6.45, 7) is 3.44. The van der Waals surface area contributed by atoms with Gasteiger partial charge >= 0.3 is 0 Å². The zero-order valence-electron chi connectivity index (χ0n) is 11.7. The van der Waals surface area contributed by atoms with Crippen LogP contribution >= 0.6 is 15.9 Å². The molecule has 110 valence electrons. The lowest BCUT2D eigenvalue weighted by Crippen LogP contribution is -2.08. The van der Waals surface area contributed by atoms with Crippen LogP contribution in [0.5, 0.6) is 5.75 Å². The molecule has 0 saturated heterocycles. The summed E-state index contributed by atoms with van der Waals surface area (Å²) < 4.78 is 20.1. The Hall–Kier alpha value is -1.88. The number of carbonyl (C=O) groups is 1. The van der Waals surface area contributed by atoms with Crippen molar-refractivity contribution in [2.24, 2.45) is 0 Å². The monoisotopic (exact) mass is 351 g/mol. The molecule has 5 heteroatoms. The van der Waals surface area contributed by atoms with Gasteiger partial charge in [0.15, 0.2) is 0 Å². The SMILES string of the molecule is CC(=O)Nc1ccc(C)cc1OCc1ccc(Br)cc1F. The van der Waals surface area contributed by atoms with Gasteiger partial charge in [-0.2, -0.15) is 0 Å². The van der Waals surface area contributed by atoms with Crippen molar-refractivity contribution in [2.45, 2.75) is 20.5 Å². The summed E-state index contributed by atoms with van der Waals surface area (Å²) in [6.07, 6.45) is 0. The zero-order valence-corrected chi connectivity index (χ0v) is 13.3. The molecule has 0 spiro atoms. The normalized spacial score (nSPS) is 10.3. The number of hydrogen-bond donors (Lipinski definition) is 1. The highest BCUT2D eigenvalue weighted by Gasteiger charge is 2.08. The van der Waals surface area contributed by atoms with Gasteiger partial charge in [0.25, 0.3) is 0 Å². The number of ether oxygens (including phenoxy) is 1. The third kappa shape index (κ3) is 4.29. The smallest absolute Gasteiger partial charge is 0.221 e. The van der Waals surface area contributed by atoms with Gasteiger partial charge in [-0.15, -0.1) is 0 Å². The van der Waals surface area contributed by atoms with Crippen LogP contribution in [0.4, 0.5) is 10.1 Å². The molecule has 2 aromatic rings. The summed E-state index contributed by atoms with van der Waals surface area (Å²) >= 11 is 3.21. The number of halogens is 2. The molecule has 1 N–H and O–H groups in total. The van der Waals surface area contributed by atoms with Gasteiger partial charge in [-0.05, 0) is 36.8 Å². The Morgan fingerprint density at radius 1 is 1.29 bits per heavy atom. The quantitative estimate of drug-likeness (QED) is 0.884. The second-order valence-corrected chi connectivity index (χ2v) is 5.62. The molecule has 2 aromatic carbocycles. The first-order chi connectivity index (χ1) is 9.95. The number of hydrogen-bond acceptors (Lipinski definition) is 2. The largest absolute Gasteiger partial charge is 0.487 e. The van der Waals surface area contributed by atoms with Gasteiger partial charge in [0.2, 0.25) is 5.91 Å². The van der Waals surface area contributed by atoms with E-state index in [4.69, 9.17) is 4.74 Å². The van der Waals surface area contributed by atoms with E-state index in [1.165, 1.54) is 13.0 Å². The fourth-order valence-corrected chi connectivity index (χ4v) is 2.17. The van der Waals surface area contributed by atoms with Crippen molar-refractivity contribution < 1.29 is 13.9 Å². The summed E-state index contributed by atoms with van der Waals surface area (Å²) in [7, 11) is 0. The van der Waals surface area contributed by atoms with E-state index in [1.54, 1.807) is 18.2 Å². The van der Waals surface area contributed by atoms with Crippen molar-refractivity contribution in [3.8, 4) is 5.75 Å². The van der Waals surface area contributed by atoms with E-state index in [2.05, 4.69) is 21.2 Å². The highest BCUT2D eigenvalue weighted by molar-refractivity contribution is 9.10. The number of aryl methyl sites for hydroxylation is 1. The first-order valence-electron chi connectivity index (χ1n) is 6.40. The molecule has 0 aliphatic rings. The molecule has 1 amide bonds. The minimum Gasteiger partial charge on any atom is -0.487 e. The molecule has 0 bridgehead atoms. The maximum absolute atomic E-state index is 13.8. The van der Waals surface area contributed by atoms with Crippen LogP contribution in [0.25, 0.3) is 0 Å². The Morgan fingerprint density at radius 3 is 2.71 bits per heavy atom. The van der Waals surface area contributed by atoms with Gasteiger partial charge in [0, 0.05) is 17.0 Å². The summed E-state index contributed by atoms with van der Waals surface area (Å²) in [6, 6.07) is 10.3. The highest BCUT2D eigenvalue weighted by Crippen LogP contribution is 2.27. The fraction of sp³-hybridized carbons (Fsp3) is 0.188. The minimum atomic E-state index is -0.335. The Kier molecular flexibility index (Phi) is 4.96. The molecule has 0 aromatic heterocycles. The first-order valence-corrected chi connectivity index (χ1v) is 7.20. The van der Waals surface area contributed by atoms with Crippen LogP contribution in [-0.4, -0.2) is 5.91 Å². The molecule has 0 fully saturated rings. The van der Waals surface area contributed by atoms with E-state index in [0.717, 1.165) is 5.56 Å². The standard InChI is InChI=1S/C16H15BrFNO2/c1-10-3-6-15(19-11(2)20)16(7-10)21-9-12-4-5-13(17)8-14(12)18/h3-8H,9H2,1-2H3,(H,19,20). The van der Waals surface area contributed by atoms with Crippen LogP contribution in [0, 0.1) is 12.7 Å². The third-order valence-corrected chi connectivity index (χ3v) is 3.34. The Bertz CT molecular complexity index is 673. The molecule has 21 heavy (non-hydrogen) atoms. The Morgan fingerprint density at radius 2 is 2.05 bits per heavy atom. The topological polar surface area (TPSA) is 38.3 Å². The molecule has 3 nitrogen and oxygen atoms in total. The second-order valence-electron chi connectivity index (χ2n) is 4.71.